The van der Waals surface area contributed by atoms with Crippen molar-refractivity contribution in [2.24, 2.45) is 0 Å². The molecule has 114 valence electrons. The predicted octanol–water partition coefficient (Wildman–Crippen LogP) is 3.42. The van der Waals surface area contributed by atoms with Gasteiger partial charge >= 0.3 is 0 Å². The zero-order valence-corrected chi connectivity index (χ0v) is 13.2. The molecule has 0 spiro atoms. The smallest absolute Gasteiger partial charge is 0.220 e. The zero-order chi connectivity index (χ0) is 13.1. The van der Waals surface area contributed by atoms with Gasteiger partial charge in [0.05, 0.1) is 0 Å². The summed E-state index contributed by atoms with van der Waals surface area (Å²) in [6.07, 6.45) is 11.8. The monoisotopic (exact) mass is 290 g/mol. The minimum absolute atomic E-state index is 0. The Balaban J connectivity index is 0.00000324. The molecule has 0 aliphatic carbocycles. The van der Waals surface area contributed by atoms with E-state index in [1.54, 1.807) is 0 Å². The molecule has 1 amide bonds. The highest BCUT2D eigenvalue weighted by Gasteiger charge is 2.14. The quantitative estimate of drug-likeness (QED) is 0.639. The summed E-state index contributed by atoms with van der Waals surface area (Å²) in [5, 5.41) is 6.46. The van der Waals surface area contributed by atoms with Gasteiger partial charge in [0.25, 0.3) is 0 Å². The molecular weight excluding hydrogens is 260 g/mol. The minimum Gasteiger partial charge on any atom is -0.353 e. The Kier molecular flexibility index (Phi) is 12.6. The van der Waals surface area contributed by atoms with Crippen molar-refractivity contribution < 1.29 is 4.79 Å². The third-order valence-electron chi connectivity index (χ3n) is 3.71. The Morgan fingerprint density at radius 2 is 1.63 bits per heavy atom. The number of carbonyl (C=O) groups is 1. The molecule has 1 aliphatic heterocycles. The highest BCUT2D eigenvalue weighted by Crippen LogP contribution is 2.09. The molecule has 1 heterocycles. The molecule has 0 aromatic heterocycles. The lowest BCUT2D eigenvalue weighted by Gasteiger charge is -2.23. The molecule has 0 radical (unpaired) electrons. The first-order valence-electron chi connectivity index (χ1n) is 7.83. The van der Waals surface area contributed by atoms with Crippen LogP contribution in [-0.4, -0.2) is 25.0 Å². The Morgan fingerprint density at radius 1 is 1.05 bits per heavy atom. The molecule has 0 saturated carbocycles. The molecule has 3 nitrogen and oxygen atoms in total. The molecule has 1 rings (SSSR count). The summed E-state index contributed by atoms with van der Waals surface area (Å²) in [4.78, 5) is 11.7. The molecule has 0 atom stereocenters. The van der Waals surface area contributed by atoms with E-state index in [9.17, 15) is 4.79 Å². The number of rotatable bonds is 9. The van der Waals surface area contributed by atoms with E-state index in [-0.39, 0.29) is 18.3 Å². The largest absolute Gasteiger partial charge is 0.353 e. The number of carbonyl (C=O) groups excluding carboxylic acids is 1. The molecule has 0 aromatic carbocycles. The van der Waals surface area contributed by atoms with Gasteiger partial charge in [-0.15, -0.1) is 12.4 Å². The molecule has 19 heavy (non-hydrogen) atoms. The van der Waals surface area contributed by atoms with Gasteiger partial charge in [-0.05, 0) is 32.4 Å². The molecule has 1 aliphatic rings. The van der Waals surface area contributed by atoms with Crippen LogP contribution in [0.5, 0.6) is 0 Å². The summed E-state index contributed by atoms with van der Waals surface area (Å²) in [7, 11) is 0. The van der Waals surface area contributed by atoms with Crippen LogP contribution in [0, 0.1) is 0 Å². The molecule has 2 N–H and O–H groups in total. The van der Waals surface area contributed by atoms with Crippen LogP contribution in [0.3, 0.4) is 0 Å². The van der Waals surface area contributed by atoms with Crippen molar-refractivity contribution in [2.45, 2.75) is 77.2 Å². The Hall–Kier alpha value is -0.280. The fourth-order valence-corrected chi connectivity index (χ4v) is 2.51. The summed E-state index contributed by atoms with van der Waals surface area (Å²) in [6.45, 7) is 4.33. The highest BCUT2D eigenvalue weighted by molar-refractivity contribution is 5.85. The standard InChI is InChI=1S/C15H30N2O.ClH/c1-2-3-4-5-6-7-8-9-15(18)17-14-10-12-16-13-11-14;/h14,16H,2-13H2,1H3,(H,17,18);1H. The van der Waals surface area contributed by atoms with Crippen LogP contribution in [-0.2, 0) is 4.79 Å². The molecule has 0 aromatic rings. The molecule has 4 heteroatoms. The van der Waals surface area contributed by atoms with Crippen molar-refractivity contribution in [3.05, 3.63) is 0 Å². The van der Waals surface area contributed by atoms with Crippen LogP contribution >= 0.6 is 12.4 Å². The van der Waals surface area contributed by atoms with Gasteiger partial charge in [0.2, 0.25) is 5.91 Å². The molecule has 1 saturated heterocycles. The summed E-state index contributed by atoms with van der Waals surface area (Å²) in [6, 6.07) is 0.420. The number of nitrogens with one attached hydrogen (secondary N) is 2. The van der Waals surface area contributed by atoms with Crippen molar-refractivity contribution in [2.75, 3.05) is 13.1 Å². The van der Waals surface area contributed by atoms with Gasteiger partial charge in [-0.25, -0.2) is 0 Å². The van der Waals surface area contributed by atoms with Gasteiger partial charge < -0.3 is 10.6 Å². The van der Waals surface area contributed by atoms with Gasteiger partial charge in [0, 0.05) is 12.5 Å². The number of unbranched alkanes of at least 4 members (excludes halogenated alkanes) is 6. The average Bonchev–Trinajstić information content (AvgIpc) is 2.39. The number of amides is 1. The number of hydrogen-bond acceptors (Lipinski definition) is 2. The van der Waals surface area contributed by atoms with Crippen molar-refractivity contribution in [3.8, 4) is 0 Å². The molecule has 0 bridgehead atoms. The van der Waals surface area contributed by atoms with Gasteiger partial charge in [0.15, 0.2) is 0 Å². The molecule has 1 fully saturated rings. The second kappa shape index (κ2) is 12.7. The SMILES string of the molecule is CCCCCCCCCC(=O)NC1CCNCC1.Cl. The fraction of sp³-hybridized carbons (Fsp3) is 0.933. The summed E-state index contributed by atoms with van der Waals surface area (Å²) < 4.78 is 0. The second-order valence-electron chi connectivity index (χ2n) is 5.46. The maximum Gasteiger partial charge on any atom is 0.220 e. The third kappa shape index (κ3) is 10.2. The maximum absolute atomic E-state index is 11.7. The normalized spacial score (nSPS) is 15.8. The van der Waals surface area contributed by atoms with E-state index in [1.807, 2.05) is 0 Å². The van der Waals surface area contributed by atoms with Gasteiger partial charge in [-0.3, -0.25) is 4.79 Å². The van der Waals surface area contributed by atoms with E-state index in [1.165, 1.54) is 38.5 Å². The van der Waals surface area contributed by atoms with Crippen LogP contribution in [0.25, 0.3) is 0 Å². The first kappa shape index (κ1) is 18.7. The zero-order valence-electron chi connectivity index (χ0n) is 12.4. The van der Waals surface area contributed by atoms with E-state index >= 15 is 0 Å². The lowest BCUT2D eigenvalue weighted by atomic mass is 10.1. The first-order chi connectivity index (χ1) is 8.83. The van der Waals surface area contributed by atoms with Crippen LogP contribution in [0.1, 0.15) is 71.1 Å². The van der Waals surface area contributed by atoms with Crippen molar-refractivity contribution in [1.82, 2.24) is 10.6 Å². The van der Waals surface area contributed by atoms with Gasteiger partial charge in [-0.1, -0.05) is 45.4 Å². The predicted molar refractivity (Wildman–Crippen MR) is 83.9 cm³/mol. The number of halogens is 1. The molecule has 0 unspecified atom stereocenters. The van der Waals surface area contributed by atoms with Crippen LogP contribution in [0.2, 0.25) is 0 Å². The second-order valence-corrected chi connectivity index (χ2v) is 5.46. The van der Waals surface area contributed by atoms with Crippen molar-refractivity contribution in [3.63, 3.8) is 0 Å². The Bertz CT molecular complexity index is 218. The van der Waals surface area contributed by atoms with Gasteiger partial charge in [0.1, 0.15) is 0 Å². The van der Waals surface area contributed by atoms with E-state index in [0.29, 0.717) is 6.04 Å². The van der Waals surface area contributed by atoms with Crippen molar-refractivity contribution >= 4 is 18.3 Å². The summed E-state index contributed by atoms with van der Waals surface area (Å²) >= 11 is 0. The van der Waals surface area contributed by atoms with E-state index < -0.39 is 0 Å². The van der Waals surface area contributed by atoms with Gasteiger partial charge in [-0.2, -0.15) is 0 Å². The summed E-state index contributed by atoms with van der Waals surface area (Å²) in [5.74, 6) is 0.260. The number of piperidine rings is 1. The summed E-state index contributed by atoms with van der Waals surface area (Å²) in [5.41, 5.74) is 0. The van der Waals surface area contributed by atoms with Crippen LogP contribution in [0.15, 0.2) is 0 Å². The van der Waals surface area contributed by atoms with Crippen molar-refractivity contribution in [1.29, 1.82) is 0 Å². The highest BCUT2D eigenvalue weighted by atomic mass is 35.5. The molecular formula is C15H31ClN2O. The Labute approximate surface area is 124 Å². The lowest BCUT2D eigenvalue weighted by Crippen LogP contribution is -2.42. The maximum atomic E-state index is 11.7. The average molecular weight is 291 g/mol. The fourth-order valence-electron chi connectivity index (χ4n) is 2.51. The van der Waals surface area contributed by atoms with Crippen LogP contribution in [0.4, 0.5) is 0 Å². The Morgan fingerprint density at radius 3 is 2.26 bits per heavy atom. The van der Waals surface area contributed by atoms with E-state index in [4.69, 9.17) is 0 Å². The number of hydrogen-bond donors (Lipinski definition) is 2. The third-order valence-corrected chi connectivity index (χ3v) is 3.71. The lowest BCUT2D eigenvalue weighted by molar-refractivity contribution is -0.122. The van der Waals surface area contributed by atoms with Crippen LogP contribution < -0.4 is 10.6 Å². The van der Waals surface area contributed by atoms with E-state index in [2.05, 4.69) is 17.6 Å². The van der Waals surface area contributed by atoms with E-state index in [0.717, 1.165) is 38.8 Å². The minimum atomic E-state index is 0. The first-order valence-corrected chi connectivity index (χ1v) is 7.83. The topological polar surface area (TPSA) is 41.1 Å².